The maximum Gasteiger partial charge on any atom is 0.246 e. The molecule has 0 saturated carbocycles. The van der Waals surface area contributed by atoms with Crippen LogP contribution in [0.1, 0.15) is 99.8 Å². The van der Waals surface area contributed by atoms with Crippen molar-refractivity contribution in [2.24, 2.45) is 17.4 Å². The number of aromatic amines is 2. The van der Waals surface area contributed by atoms with Gasteiger partial charge in [0.25, 0.3) is 0 Å². The molecule has 0 spiro atoms. The molecule has 89 heavy (non-hydrogen) atoms. The molecule has 0 unspecified atom stereocenters. The van der Waals surface area contributed by atoms with Crippen LogP contribution in [0.25, 0.3) is 21.8 Å². The lowest BCUT2D eigenvalue weighted by Crippen LogP contribution is -2.59. The summed E-state index contributed by atoms with van der Waals surface area (Å²) >= 11 is 2.95. The van der Waals surface area contributed by atoms with Crippen molar-refractivity contribution in [3.05, 3.63) is 107 Å². The largest absolute Gasteiger partial charge is 0.368 e. The number of unbranched alkanes of at least 4 members (excludes halogenated alkanes) is 1. The van der Waals surface area contributed by atoms with Gasteiger partial charge >= 0.3 is 0 Å². The zero-order valence-corrected chi connectivity index (χ0v) is 51.4. The number of thioether (sulfide) groups is 2. The molecule has 4 aliphatic rings. The molecule has 3 fully saturated rings. The summed E-state index contributed by atoms with van der Waals surface area (Å²) in [5.41, 5.74) is 15.5. The number of fused-ring (bicyclic) bond motifs is 7. The summed E-state index contributed by atoms with van der Waals surface area (Å²) in [5, 5.41) is 14.6. The fourth-order valence-electron chi connectivity index (χ4n) is 12.4. The fraction of sp³-hybridized carbons (Fsp3) is 0.492. The van der Waals surface area contributed by atoms with E-state index in [1.54, 1.807) is 24.2 Å². The summed E-state index contributed by atoms with van der Waals surface area (Å²) in [6.45, 7) is 1.74. The molecule has 9 amide bonds. The van der Waals surface area contributed by atoms with E-state index >= 15 is 4.79 Å². The van der Waals surface area contributed by atoms with Crippen LogP contribution < -0.4 is 38.1 Å². The van der Waals surface area contributed by atoms with E-state index in [1.165, 1.54) is 69.8 Å². The lowest BCUT2D eigenvalue weighted by Gasteiger charge is -2.33. The Hall–Kier alpha value is -7.84. The van der Waals surface area contributed by atoms with E-state index in [9.17, 15) is 51.9 Å². The Labute approximate surface area is 522 Å². The quantitative estimate of drug-likeness (QED) is 0.0956. The number of ketones is 1. The highest BCUT2D eigenvalue weighted by Gasteiger charge is 2.45. The van der Waals surface area contributed by atoms with Crippen molar-refractivity contribution in [3.63, 3.8) is 0 Å². The van der Waals surface area contributed by atoms with E-state index in [2.05, 4.69) is 36.6 Å². The van der Waals surface area contributed by atoms with Gasteiger partial charge < -0.3 is 62.7 Å². The smallest absolute Gasteiger partial charge is 0.246 e. The highest BCUT2D eigenvalue weighted by atomic mass is 32.2. The van der Waals surface area contributed by atoms with Gasteiger partial charge in [0.05, 0.1) is 6.54 Å². The highest BCUT2D eigenvalue weighted by molar-refractivity contribution is 7.98. The number of hydrogen-bond donors (Lipinski definition) is 9. The minimum Gasteiger partial charge on any atom is -0.368 e. The molecular weight excluding hydrogens is 1190 g/mol. The molecular formula is C63H78F2N12O10S2. The predicted octanol–water partition coefficient (Wildman–Crippen LogP) is 3.52. The summed E-state index contributed by atoms with van der Waals surface area (Å²) in [6.07, 6.45) is 6.33. The molecule has 5 aromatic rings. The average Bonchev–Trinajstić information content (AvgIpc) is 3.26. The van der Waals surface area contributed by atoms with Crippen molar-refractivity contribution >= 4 is 104 Å². The number of nitrogens with zero attached hydrogens (tertiary/aromatic N) is 3. The summed E-state index contributed by atoms with van der Waals surface area (Å²) in [7, 11) is 0. The minimum atomic E-state index is -1.46. The van der Waals surface area contributed by atoms with Gasteiger partial charge in [-0.05, 0) is 123 Å². The molecule has 8 atom stereocenters. The number of benzene rings is 3. The molecule has 3 saturated heterocycles. The van der Waals surface area contributed by atoms with Crippen LogP contribution in [0.4, 0.5) is 8.78 Å². The second-order valence-corrected chi connectivity index (χ2v) is 25.6. The van der Waals surface area contributed by atoms with E-state index in [0.29, 0.717) is 108 Å². The van der Waals surface area contributed by atoms with E-state index in [0.717, 1.165) is 11.1 Å². The summed E-state index contributed by atoms with van der Waals surface area (Å²) in [6, 6.07) is 7.79. The van der Waals surface area contributed by atoms with Crippen molar-refractivity contribution in [3.8, 4) is 0 Å². The van der Waals surface area contributed by atoms with E-state index in [1.807, 2.05) is 24.3 Å². The first kappa shape index (κ1) is 65.6. The van der Waals surface area contributed by atoms with Gasteiger partial charge in [0.2, 0.25) is 53.2 Å². The van der Waals surface area contributed by atoms with Gasteiger partial charge in [0.15, 0.2) is 0 Å². The van der Waals surface area contributed by atoms with E-state index < -0.39 is 120 Å². The van der Waals surface area contributed by atoms with Crippen LogP contribution >= 0.6 is 23.5 Å². The number of nitrogens with two attached hydrogens (primary N) is 2. The first-order chi connectivity index (χ1) is 42.8. The second-order valence-electron chi connectivity index (χ2n) is 23.4. The molecule has 2 aromatic heterocycles. The molecule has 9 rings (SSSR count). The third-order valence-electron chi connectivity index (χ3n) is 17.1. The van der Waals surface area contributed by atoms with Gasteiger partial charge in [-0.2, -0.15) is 23.5 Å². The van der Waals surface area contributed by atoms with Crippen LogP contribution in [-0.4, -0.2) is 170 Å². The third kappa shape index (κ3) is 16.7. The van der Waals surface area contributed by atoms with E-state index in [-0.39, 0.29) is 63.3 Å². The maximum absolute atomic E-state index is 15.2. The first-order valence-electron chi connectivity index (χ1n) is 30.5. The number of hydrogen-bond acceptors (Lipinski definition) is 13. The molecule has 3 aromatic carbocycles. The predicted molar refractivity (Wildman–Crippen MR) is 333 cm³/mol. The van der Waals surface area contributed by atoms with Crippen LogP contribution in [0.3, 0.4) is 0 Å². The summed E-state index contributed by atoms with van der Waals surface area (Å²) in [4.78, 5) is 152. The van der Waals surface area contributed by atoms with Crippen molar-refractivity contribution < 1.29 is 56.7 Å². The average molecular weight is 1270 g/mol. The number of rotatable bonds is 9. The lowest BCUT2D eigenvalue weighted by molar-refractivity contribution is -0.148. The number of amides is 9. The van der Waals surface area contributed by atoms with Gasteiger partial charge in [-0.3, -0.25) is 47.9 Å². The lowest BCUT2D eigenvalue weighted by atomic mass is 9.94. The molecule has 476 valence electrons. The molecule has 26 heteroatoms. The number of Topliss-reactive ketones (excluding diaryl/α,β-unsaturated/α-hetero) is 1. The van der Waals surface area contributed by atoms with Crippen molar-refractivity contribution in [1.29, 1.82) is 0 Å². The number of primary amides is 1. The minimum absolute atomic E-state index is 0.0628. The SMILES string of the molecule is C[C@@H]1NC(=O)[C@@H]2CCCN2C(=O)[C@H](Cc2c[nH]c3ccc(F)cc23)NC(=O)[C@H](Cc2c[nH]c3ccc(F)cc23)NC(=O)CNC(=O)[C@H](CCCCN)CC(=O)CCSCc2cccc(c2)CSC[C@@H](C(N)=O)NC(=O)[C@@H]2CCCN2C(=O)[C@@H]2CCCN2C1=O. The third-order valence-corrected chi connectivity index (χ3v) is 19.2. The Morgan fingerprint density at radius 3 is 1.82 bits per heavy atom. The van der Waals surface area contributed by atoms with Gasteiger partial charge in [0.1, 0.15) is 59.7 Å². The van der Waals surface area contributed by atoms with Gasteiger partial charge in [-0.15, -0.1) is 0 Å². The zero-order valence-electron chi connectivity index (χ0n) is 49.8. The number of halogens is 2. The summed E-state index contributed by atoms with van der Waals surface area (Å²) in [5.74, 6) is -6.25. The standard InChI is InChI=1S/C63H78F2N12O10S2/c1-36-61(85)77-22-7-13-54(77)63(87)76-21-6-12-53(76)60(84)74-51(56(67)80)35-89-34-38-9-4-8-37(24-38)33-88-23-18-44(78)25-39(10-2-3-19-66)57(81)70-32-55(79)72-49(26-40-30-68-47-16-14-42(64)28-45(40)47)58(82)73-50(62(86)75-20-5-11-52(75)59(83)71-36)27-41-31-69-48-17-15-43(65)29-46(41)48/h4,8-9,14-17,24,28-31,36,39,49-54,68-69H,2-3,5-7,10-13,18-23,25-27,32-35,66H2,1H3,(H2,67,80)(H,70,81)(H,71,83)(H,72,79)(H,73,82)(H,74,84)/t36-,39+,49-,50-,51-,52-,53-,54-/m0/s1. The van der Waals surface area contributed by atoms with Gasteiger partial charge in [-0.1, -0.05) is 30.7 Å². The second kappa shape index (κ2) is 30.6. The van der Waals surface area contributed by atoms with Gasteiger partial charge in [-0.25, -0.2) is 8.78 Å². The maximum atomic E-state index is 15.2. The van der Waals surface area contributed by atoms with E-state index in [4.69, 9.17) is 11.5 Å². The molecule has 11 N–H and O–H groups in total. The molecule has 6 heterocycles. The number of H-pyrrole nitrogens is 2. The molecule has 2 bridgehead atoms. The van der Waals surface area contributed by atoms with Crippen molar-refractivity contribution in [2.75, 3.05) is 44.2 Å². The number of nitrogens with one attached hydrogen (secondary N) is 7. The molecule has 22 nitrogen and oxygen atoms in total. The summed E-state index contributed by atoms with van der Waals surface area (Å²) < 4.78 is 29.6. The van der Waals surface area contributed by atoms with Crippen LogP contribution in [-0.2, 0) is 72.3 Å². The first-order valence-corrected chi connectivity index (χ1v) is 32.8. The van der Waals surface area contributed by atoms with Crippen molar-refractivity contribution in [2.45, 2.75) is 144 Å². The highest BCUT2D eigenvalue weighted by Crippen LogP contribution is 2.29. The molecule has 0 radical (unpaired) electrons. The van der Waals surface area contributed by atoms with Crippen LogP contribution in [0.5, 0.6) is 0 Å². The number of aromatic nitrogens is 2. The van der Waals surface area contributed by atoms with Crippen LogP contribution in [0.15, 0.2) is 73.1 Å². The Morgan fingerprint density at radius 2 is 1.20 bits per heavy atom. The molecule has 0 aliphatic carbocycles. The Morgan fingerprint density at radius 1 is 0.629 bits per heavy atom. The van der Waals surface area contributed by atoms with Crippen molar-refractivity contribution in [1.82, 2.24) is 51.3 Å². The fourth-order valence-corrected chi connectivity index (χ4v) is 14.4. The van der Waals surface area contributed by atoms with Crippen LogP contribution in [0, 0.1) is 17.6 Å². The topological polar surface area (TPSA) is 324 Å². The van der Waals surface area contributed by atoms with Gasteiger partial charge in [0, 0.05) is 108 Å². The number of carbonyl (C=O) groups excluding carboxylic acids is 10. The Bertz CT molecular complexity index is 3450. The Balaban J connectivity index is 0.988. The number of carbonyl (C=O) groups is 10. The molecule has 4 aliphatic heterocycles. The Kier molecular flexibility index (Phi) is 22.5. The monoisotopic (exact) mass is 1260 g/mol. The van der Waals surface area contributed by atoms with Crippen LogP contribution in [0.2, 0.25) is 0 Å². The normalized spacial score (nSPS) is 25.0. The zero-order chi connectivity index (χ0) is 63.3.